The Morgan fingerprint density at radius 2 is 2.15 bits per heavy atom. The van der Waals surface area contributed by atoms with Crippen molar-refractivity contribution in [3.63, 3.8) is 0 Å². The van der Waals surface area contributed by atoms with Crippen LogP contribution < -0.4 is 0 Å². The summed E-state index contributed by atoms with van der Waals surface area (Å²) in [6, 6.07) is 8.39. The van der Waals surface area contributed by atoms with E-state index in [0.717, 1.165) is 23.7 Å². The van der Waals surface area contributed by atoms with Crippen LogP contribution in [0.15, 0.2) is 28.7 Å². The molecule has 0 aliphatic heterocycles. The summed E-state index contributed by atoms with van der Waals surface area (Å²) in [5.74, 6) is 6.21. The van der Waals surface area contributed by atoms with Gasteiger partial charge in [0.15, 0.2) is 0 Å². The molecule has 0 atom stereocenters. The van der Waals surface area contributed by atoms with Gasteiger partial charge >= 0.3 is 0 Å². The molecule has 0 N–H and O–H groups in total. The molecular weight excluding hydrogens is 224 g/mol. The van der Waals surface area contributed by atoms with Gasteiger partial charge in [0.1, 0.15) is 0 Å². The lowest BCUT2D eigenvalue weighted by atomic mass is 10.1. The van der Waals surface area contributed by atoms with E-state index in [2.05, 4.69) is 52.9 Å². The molecule has 68 valence electrons. The minimum atomic E-state index is 0.957. The van der Waals surface area contributed by atoms with Gasteiger partial charge in [0, 0.05) is 17.3 Å². The van der Waals surface area contributed by atoms with Crippen molar-refractivity contribution >= 4 is 15.9 Å². The normalized spacial score (nSPS) is 9.08. The second-order valence-corrected chi connectivity index (χ2v) is 3.75. The Morgan fingerprint density at radius 1 is 1.31 bits per heavy atom. The first kappa shape index (κ1) is 10.3. The van der Waals surface area contributed by atoms with Crippen LogP contribution in [0.3, 0.4) is 0 Å². The molecule has 0 heterocycles. The van der Waals surface area contributed by atoms with Crippen LogP contribution in [-0.2, 0) is 6.42 Å². The summed E-state index contributed by atoms with van der Waals surface area (Å²) in [5.41, 5.74) is 1.35. The number of aryl methyl sites for hydroxylation is 1. The molecule has 0 amide bonds. The molecule has 0 aliphatic carbocycles. The molecule has 0 fully saturated rings. The lowest BCUT2D eigenvalue weighted by molar-refractivity contribution is 1.02. The van der Waals surface area contributed by atoms with Crippen LogP contribution in [0.2, 0.25) is 0 Å². The second-order valence-electron chi connectivity index (χ2n) is 2.84. The highest BCUT2D eigenvalue weighted by atomic mass is 79.9. The zero-order valence-electron chi connectivity index (χ0n) is 7.81. The van der Waals surface area contributed by atoms with Gasteiger partial charge in [-0.25, -0.2) is 0 Å². The van der Waals surface area contributed by atoms with E-state index in [1.54, 1.807) is 0 Å². The van der Waals surface area contributed by atoms with E-state index in [1.807, 2.05) is 6.07 Å². The molecule has 0 bridgehead atoms. The van der Waals surface area contributed by atoms with Crippen LogP contribution in [0, 0.1) is 11.8 Å². The lowest BCUT2D eigenvalue weighted by Crippen LogP contribution is -1.82. The van der Waals surface area contributed by atoms with E-state index in [1.165, 1.54) is 5.56 Å². The summed E-state index contributed by atoms with van der Waals surface area (Å²) in [7, 11) is 0. The van der Waals surface area contributed by atoms with Gasteiger partial charge in [-0.15, -0.1) is 11.8 Å². The molecule has 0 radical (unpaired) electrons. The summed E-state index contributed by atoms with van der Waals surface area (Å²) in [6.07, 6.45) is 2.97. The summed E-state index contributed by atoms with van der Waals surface area (Å²) in [5, 5.41) is 0. The molecule has 0 aromatic heterocycles. The molecule has 0 aliphatic rings. The van der Waals surface area contributed by atoms with Crippen LogP contribution >= 0.6 is 15.9 Å². The fourth-order valence-corrected chi connectivity index (χ4v) is 1.56. The molecular formula is C12H13Br. The summed E-state index contributed by atoms with van der Waals surface area (Å²) >= 11 is 3.45. The SMILES string of the molecule is CCC#CCCc1cccc(Br)c1. The van der Waals surface area contributed by atoms with Crippen molar-refractivity contribution in [2.75, 3.05) is 0 Å². The van der Waals surface area contributed by atoms with Crippen LogP contribution in [0.4, 0.5) is 0 Å². The number of halogens is 1. The highest BCUT2D eigenvalue weighted by Crippen LogP contribution is 2.12. The second kappa shape index (κ2) is 5.83. The largest absolute Gasteiger partial charge is 0.104 e. The minimum absolute atomic E-state index is 0.957. The van der Waals surface area contributed by atoms with Gasteiger partial charge < -0.3 is 0 Å². The number of hydrogen-bond donors (Lipinski definition) is 0. The van der Waals surface area contributed by atoms with Crippen molar-refractivity contribution in [2.24, 2.45) is 0 Å². The zero-order chi connectivity index (χ0) is 9.52. The maximum atomic E-state index is 3.45. The van der Waals surface area contributed by atoms with Gasteiger partial charge in [0.2, 0.25) is 0 Å². The van der Waals surface area contributed by atoms with Crippen molar-refractivity contribution in [2.45, 2.75) is 26.2 Å². The minimum Gasteiger partial charge on any atom is -0.104 e. The van der Waals surface area contributed by atoms with Crippen LogP contribution in [0.25, 0.3) is 0 Å². The maximum Gasteiger partial charge on any atom is 0.0178 e. The Bertz CT molecular complexity index is 317. The molecule has 0 nitrogen and oxygen atoms in total. The third-order valence-electron chi connectivity index (χ3n) is 1.73. The first-order valence-corrected chi connectivity index (χ1v) is 5.32. The van der Waals surface area contributed by atoms with E-state index in [0.29, 0.717) is 0 Å². The molecule has 0 unspecified atom stereocenters. The highest BCUT2D eigenvalue weighted by Gasteiger charge is 1.91. The molecule has 1 rings (SSSR count). The number of hydrogen-bond acceptors (Lipinski definition) is 0. The predicted octanol–water partition coefficient (Wildman–Crippen LogP) is 3.80. The Balaban J connectivity index is 2.45. The molecule has 1 aromatic rings. The highest BCUT2D eigenvalue weighted by molar-refractivity contribution is 9.10. The van der Waals surface area contributed by atoms with Crippen LogP contribution in [-0.4, -0.2) is 0 Å². The van der Waals surface area contributed by atoms with Crippen molar-refractivity contribution < 1.29 is 0 Å². The third kappa shape index (κ3) is 4.15. The van der Waals surface area contributed by atoms with Crippen molar-refractivity contribution in [1.82, 2.24) is 0 Å². The first-order chi connectivity index (χ1) is 6.33. The maximum absolute atomic E-state index is 3.45. The molecule has 0 spiro atoms. The number of benzene rings is 1. The molecule has 0 saturated carbocycles. The molecule has 1 heteroatoms. The monoisotopic (exact) mass is 236 g/mol. The summed E-state index contributed by atoms with van der Waals surface area (Å²) in [6.45, 7) is 2.08. The molecule has 13 heavy (non-hydrogen) atoms. The van der Waals surface area contributed by atoms with E-state index in [9.17, 15) is 0 Å². The van der Waals surface area contributed by atoms with Crippen molar-refractivity contribution in [3.8, 4) is 11.8 Å². The fourth-order valence-electron chi connectivity index (χ4n) is 1.11. The van der Waals surface area contributed by atoms with Gasteiger partial charge in [-0.3, -0.25) is 0 Å². The van der Waals surface area contributed by atoms with Gasteiger partial charge in [-0.05, 0) is 24.1 Å². The Labute approximate surface area is 88.5 Å². The van der Waals surface area contributed by atoms with Crippen LogP contribution in [0.1, 0.15) is 25.3 Å². The topological polar surface area (TPSA) is 0 Å². The number of rotatable bonds is 2. The van der Waals surface area contributed by atoms with E-state index in [4.69, 9.17) is 0 Å². The standard InChI is InChI=1S/C12H13Br/c1-2-3-4-5-7-11-8-6-9-12(13)10-11/h6,8-10H,2,5,7H2,1H3. The smallest absolute Gasteiger partial charge is 0.0178 e. The van der Waals surface area contributed by atoms with Gasteiger partial charge in [0.05, 0.1) is 0 Å². The first-order valence-electron chi connectivity index (χ1n) is 4.53. The Kier molecular flexibility index (Phi) is 4.64. The fraction of sp³-hybridized carbons (Fsp3) is 0.333. The quantitative estimate of drug-likeness (QED) is 0.686. The zero-order valence-corrected chi connectivity index (χ0v) is 9.39. The summed E-state index contributed by atoms with van der Waals surface area (Å²) < 4.78 is 1.15. The van der Waals surface area contributed by atoms with Gasteiger partial charge in [-0.2, -0.15) is 0 Å². The van der Waals surface area contributed by atoms with Crippen molar-refractivity contribution in [3.05, 3.63) is 34.3 Å². The average molecular weight is 237 g/mol. The Morgan fingerprint density at radius 3 is 2.85 bits per heavy atom. The van der Waals surface area contributed by atoms with Crippen molar-refractivity contribution in [1.29, 1.82) is 0 Å². The van der Waals surface area contributed by atoms with Gasteiger partial charge in [-0.1, -0.05) is 35.0 Å². The van der Waals surface area contributed by atoms with Crippen LogP contribution in [0.5, 0.6) is 0 Å². The average Bonchev–Trinajstić information content (AvgIpc) is 2.13. The Hall–Kier alpha value is -0.740. The lowest BCUT2D eigenvalue weighted by Gasteiger charge is -1.97. The predicted molar refractivity (Wildman–Crippen MR) is 60.5 cm³/mol. The van der Waals surface area contributed by atoms with Gasteiger partial charge in [0.25, 0.3) is 0 Å². The van der Waals surface area contributed by atoms with E-state index in [-0.39, 0.29) is 0 Å². The molecule has 1 aromatic carbocycles. The summed E-state index contributed by atoms with van der Waals surface area (Å²) in [4.78, 5) is 0. The van der Waals surface area contributed by atoms with E-state index < -0.39 is 0 Å². The third-order valence-corrected chi connectivity index (χ3v) is 2.22. The van der Waals surface area contributed by atoms with E-state index >= 15 is 0 Å². The molecule has 0 saturated heterocycles.